The number of benzene rings is 1. The third kappa shape index (κ3) is 4.20. The van der Waals surface area contributed by atoms with Crippen LogP contribution in [-0.2, 0) is 0 Å². The lowest BCUT2D eigenvalue weighted by Crippen LogP contribution is -2.25. The minimum atomic E-state index is -0.207. The van der Waals surface area contributed by atoms with Gasteiger partial charge >= 0.3 is 0 Å². The highest BCUT2D eigenvalue weighted by atomic mass is 35.5. The molecule has 0 aliphatic rings. The molecule has 1 amide bonds. The number of amides is 1. The van der Waals surface area contributed by atoms with Gasteiger partial charge in [-0.1, -0.05) is 0 Å². The average molecular weight is 302 g/mol. The molecule has 1 unspecified atom stereocenters. The number of carbonyl (C=O) groups is 1. The molecule has 0 spiro atoms. The van der Waals surface area contributed by atoms with Crippen molar-refractivity contribution < 1.29 is 19.0 Å². The second-order valence-electron chi connectivity index (χ2n) is 4.24. The molecular weight excluding hydrogens is 282 g/mol. The van der Waals surface area contributed by atoms with E-state index in [0.29, 0.717) is 35.8 Å². The van der Waals surface area contributed by atoms with Gasteiger partial charge in [0.2, 0.25) is 5.75 Å². The number of ether oxygens (including phenoxy) is 3. The summed E-state index contributed by atoms with van der Waals surface area (Å²) in [4.78, 5) is 12.1. The van der Waals surface area contributed by atoms with Crippen molar-refractivity contribution >= 4 is 17.5 Å². The molecule has 1 N–H and O–H groups in total. The van der Waals surface area contributed by atoms with Gasteiger partial charge in [-0.05, 0) is 25.5 Å². The van der Waals surface area contributed by atoms with Gasteiger partial charge in [0.1, 0.15) is 0 Å². The van der Waals surface area contributed by atoms with Crippen LogP contribution in [0.1, 0.15) is 23.7 Å². The van der Waals surface area contributed by atoms with E-state index in [4.69, 9.17) is 25.8 Å². The van der Waals surface area contributed by atoms with Crippen LogP contribution in [-0.4, -0.2) is 39.2 Å². The zero-order valence-corrected chi connectivity index (χ0v) is 12.9. The summed E-state index contributed by atoms with van der Waals surface area (Å²) in [6, 6.07) is 3.22. The van der Waals surface area contributed by atoms with Gasteiger partial charge in [-0.25, -0.2) is 0 Å². The maximum absolute atomic E-state index is 12.1. The molecule has 20 heavy (non-hydrogen) atoms. The Morgan fingerprint density at radius 3 is 2.15 bits per heavy atom. The van der Waals surface area contributed by atoms with E-state index >= 15 is 0 Å². The summed E-state index contributed by atoms with van der Waals surface area (Å²) in [5, 5.41) is 2.82. The van der Waals surface area contributed by atoms with Gasteiger partial charge in [0.15, 0.2) is 11.5 Å². The monoisotopic (exact) mass is 301 g/mol. The molecule has 0 aliphatic carbocycles. The van der Waals surface area contributed by atoms with Crippen LogP contribution in [0.15, 0.2) is 12.1 Å². The van der Waals surface area contributed by atoms with Crippen LogP contribution in [0.25, 0.3) is 0 Å². The molecule has 0 aliphatic heterocycles. The van der Waals surface area contributed by atoms with Crippen LogP contribution in [0.4, 0.5) is 0 Å². The molecule has 0 fully saturated rings. The summed E-state index contributed by atoms with van der Waals surface area (Å²) in [5.41, 5.74) is 0.446. The van der Waals surface area contributed by atoms with Crippen molar-refractivity contribution in [1.82, 2.24) is 5.32 Å². The second-order valence-corrected chi connectivity index (χ2v) is 4.98. The van der Waals surface area contributed by atoms with Crippen molar-refractivity contribution in [2.75, 3.05) is 27.9 Å². The highest BCUT2D eigenvalue weighted by Gasteiger charge is 2.16. The Morgan fingerprint density at radius 2 is 1.75 bits per heavy atom. The molecule has 0 radical (unpaired) electrons. The van der Waals surface area contributed by atoms with Gasteiger partial charge < -0.3 is 19.5 Å². The maximum atomic E-state index is 12.1. The molecule has 1 rings (SSSR count). The maximum Gasteiger partial charge on any atom is 0.251 e. The van der Waals surface area contributed by atoms with E-state index in [1.807, 2.05) is 6.92 Å². The third-order valence-electron chi connectivity index (χ3n) is 2.75. The van der Waals surface area contributed by atoms with Gasteiger partial charge in [0.05, 0.1) is 21.3 Å². The van der Waals surface area contributed by atoms with Crippen LogP contribution in [0.3, 0.4) is 0 Å². The lowest BCUT2D eigenvalue weighted by Gasteiger charge is -2.14. The Labute approximate surface area is 124 Å². The van der Waals surface area contributed by atoms with Gasteiger partial charge in [0.25, 0.3) is 5.91 Å². The van der Waals surface area contributed by atoms with E-state index in [9.17, 15) is 4.79 Å². The first-order valence-electron chi connectivity index (χ1n) is 6.25. The fourth-order valence-electron chi connectivity index (χ4n) is 1.70. The van der Waals surface area contributed by atoms with Crippen LogP contribution in [0, 0.1) is 0 Å². The van der Waals surface area contributed by atoms with Gasteiger partial charge in [-0.2, -0.15) is 0 Å². The first-order chi connectivity index (χ1) is 9.53. The lowest BCUT2D eigenvalue weighted by molar-refractivity contribution is 0.0952. The molecule has 1 aromatic carbocycles. The number of alkyl halides is 1. The normalized spacial score (nSPS) is 11.7. The molecule has 0 saturated heterocycles. The Kier molecular flexibility index (Phi) is 6.45. The van der Waals surface area contributed by atoms with Gasteiger partial charge in [0, 0.05) is 17.5 Å². The van der Waals surface area contributed by atoms with E-state index in [2.05, 4.69) is 5.32 Å². The predicted octanol–water partition coefficient (Wildman–Crippen LogP) is 2.46. The van der Waals surface area contributed by atoms with Crippen molar-refractivity contribution in [2.24, 2.45) is 0 Å². The van der Waals surface area contributed by atoms with Crippen molar-refractivity contribution in [3.05, 3.63) is 17.7 Å². The van der Waals surface area contributed by atoms with Gasteiger partial charge in [-0.3, -0.25) is 4.79 Å². The summed E-state index contributed by atoms with van der Waals surface area (Å²) >= 11 is 5.83. The standard InChI is InChI=1S/C14H20ClNO4/c1-9(15)5-6-16-14(17)10-7-11(18-2)13(20-4)12(8-10)19-3/h7-9H,5-6H2,1-4H3,(H,16,17). The SMILES string of the molecule is COc1cc(C(=O)NCCC(C)Cl)cc(OC)c1OC. The molecule has 1 aromatic rings. The lowest BCUT2D eigenvalue weighted by atomic mass is 10.1. The zero-order chi connectivity index (χ0) is 15.1. The van der Waals surface area contributed by atoms with E-state index < -0.39 is 0 Å². The molecule has 1 atom stereocenters. The summed E-state index contributed by atoms with van der Waals surface area (Å²) in [6.07, 6.45) is 0.706. The molecule has 112 valence electrons. The van der Waals surface area contributed by atoms with Crippen molar-refractivity contribution in [2.45, 2.75) is 18.7 Å². The molecule has 0 saturated carbocycles. The smallest absolute Gasteiger partial charge is 0.251 e. The fourth-order valence-corrected chi connectivity index (χ4v) is 1.81. The number of halogens is 1. The predicted molar refractivity (Wildman–Crippen MR) is 78.4 cm³/mol. The number of carbonyl (C=O) groups excluding carboxylic acids is 1. The first-order valence-corrected chi connectivity index (χ1v) is 6.69. The summed E-state index contributed by atoms with van der Waals surface area (Å²) in [5.74, 6) is 1.15. The number of hydrogen-bond acceptors (Lipinski definition) is 4. The van der Waals surface area contributed by atoms with Crippen LogP contribution in [0.2, 0.25) is 0 Å². The van der Waals surface area contributed by atoms with E-state index in [0.717, 1.165) is 0 Å². The second kappa shape index (κ2) is 7.85. The van der Waals surface area contributed by atoms with E-state index in [-0.39, 0.29) is 11.3 Å². The zero-order valence-electron chi connectivity index (χ0n) is 12.2. The summed E-state index contributed by atoms with van der Waals surface area (Å²) in [6.45, 7) is 2.40. The quantitative estimate of drug-likeness (QED) is 0.786. The topological polar surface area (TPSA) is 56.8 Å². The Bertz CT molecular complexity index is 437. The molecule has 0 bridgehead atoms. The van der Waals surface area contributed by atoms with E-state index in [1.165, 1.54) is 21.3 Å². The van der Waals surface area contributed by atoms with Crippen LogP contribution >= 0.6 is 11.6 Å². The highest BCUT2D eigenvalue weighted by Crippen LogP contribution is 2.38. The highest BCUT2D eigenvalue weighted by molar-refractivity contribution is 6.20. The number of rotatable bonds is 7. The minimum Gasteiger partial charge on any atom is -0.493 e. The van der Waals surface area contributed by atoms with E-state index in [1.54, 1.807) is 12.1 Å². The first kappa shape index (κ1) is 16.4. The number of methoxy groups -OCH3 is 3. The summed E-state index contributed by atoms with van der Waals surface area (Å²) in [7, 11) is 4.53. The fraction of sp³-hybridized carbons (Fsp3) is 0.500. The summed E-state index contributed by atoms with van der Waals surface area (Å²) < 4.78 is 15.6. The molecule has 0 heterocycles. The van der Waals surface area contributed by atoms with Crippen molar-refractivity contribution in [3.8, 4) is 17.2 Å². The molecule has 5 nitrogen and oxygen atoms in total. The van der Waals surface area contributed by atoms with Crippen LogP contribution in [0.5, 0.6) is 17.2 Å². The average Bonchev–Trinajstić information content (AvgIpc) is 2.44. The Balaban J connectivity index is 2.92. The van der Waals surface area contributed by atoms with Crippen LogP contribution < -0.4 is 19.5 Å². The van der Waals surface area contributed by atoms with Crippen molar-refractivity contribution in [1.29, 1.82) is 0 Å². The largest absolute Gasteiger partial charge is 0.493 e. The Morgan fingerprint density at radius 1 is 1.20 bits per heavy atom. The van der Waals surface area contributed by atoms with Crippen molar-refractivity contribution in [3.63, 3.8) is 0 Å². The Hall–Kier alpha value is -1.62. The molecular formula is C14H20ClNO4. The van der Waals surface area contributed by atoms with Gasteiger partial charge in [-0.15, -0.1) is 11.6 Å². The third-order valence-corrected chi connectivity index (χ3v) is 2.97. The molecule has 0 aromatic heterocycles. The molecule has 6 heteroatoms. The number of nitrogens with one attached hydrogen (secondary N) is 1. The minimum absolute atomic E-state index is 0.0234. The number of hydrogen-bond donors (Lipinski definition) is 1.